The van der Waals surface area contributed by atoms with Crippen LogP contribution in [0.4, 0.5) is 23.1 Å². The number of rotatable bonds is 8. The number of anilines is 4. The Labute approximate surface area is 184 Å². The molecule has 164 valence electrons. The van der Waals surface area contributed by atoms with E-state index in [1.165, 1.54) is 0 Å². The van der Waals surface area contributed by atoms with Crippen molar-refractivity contribution in [1.29, 1.82) is 0 Å². The van der Waals surface area contributed by atoms with Gasteiger partial charge in [-0.2, -0.15) is 4.98 Å². The van der Waals surface area contributed by atoms with Gasteiger partial charge >= 0.3 is 0 Å². The van der Waals surface area contributed by atoms with Gasteiger partial charge < -0.3 is 10.6 Å². The summed E-state index contributed by atoms with van der Waals surface area (Å²) in [6, 6.07) is 14.4. The van der Waals surface area contributed by atoms with E-state index < -0.39 is 10.0 Å². The Balaban J connectivity index is 1.77. The summed E-state index contributed by atoms with van der Waals surface area (Å²) in [4.78, 5) is 9.11. The van der Waals surface area contributed by atoms with Crippen LogP contribution in [0.3, 0.4) is 0 Å². The first kappa shape index (κ1) is 22.6. The van der Waals surface area contributed by atoms with Gasteiger partial charge in [-0.1, -0.05) is 26.0 Å². The van der Waals surface area contributed by atoms with Crippen LogP contribution in [0.25, 0.3) is 0 Å². The first-order valence-corrected chi connectivity index (χ1v) is 11.8. The van der Waals surface area contributed by atoms with Gasteiger partial charge in [0.05, 0.1) is 4.90 Å². The van der Waals surface area contributed by atoms with Gasteiger partial charge in [-0.3, -0.25) is 4.72 Å². The van der Waals surface area contributed by atoms with Crippen LogP contribution >= 0.6 is 0 Å². The van der Waals surface area contributed by atoms with E-state index in [1.807, 2.05) is 45.9 Å². The Kier molecular flexibility index (Phi) is 6.80. The van der Waals surface area contributed by atoms with Crippen molar-refractivity contribution in [1.82, 2.24) is 9.97 Å². The molecule has 0 aliphatic carbocycles. The molecule has 0 aliphatic heterocycles. The lowest BCUT2D eigenvalue weighted by Gasteiger charge is -2.14. The number of aryl methyl sites for hydroxylation is 2. The minimum Gasteiger partial charge on any atom is -0.370 e. The van der Waals surface area contributed by atoms with E-state index in [-0.39, 0.29) is 5.92 Å². The fourth-order valence-corrected chi connectivity index (χ4v) is 4.46. The average molecular weight is 440 g/mol. The summed E-state index contributed by atoms with van der Waals surface area (Å²) in [5, 5.41) is 6.33. The first-order chi connectivity index (χ1) is 14.7. The van der Waals surface area contributed by atoms with Gasteiger partial charge in [-0.05, 0) is 68.1 Å². The van der Waals surface area contributed by atoms with Gasteiger partial charge in [0.25, 0.3) is 10.0 Å². The molecule has 3 aromatic rings. The van der Waals surface area contributed by atoms with Crippen molar-refractivity contribution in [2.75, 3.05) is 21.9 Å². The summed E-state index contributed by atoms with van der Waals surface area (Å²) < 4.78 is 28.6. The van der Waals surface area contributed by atoms with Crippen LogP contribution in [-0.4, -0.2) is 24.9 Å². The lowest BCUT2D eigenvalue weighted by atomic mass is 10.0. The second-order valence-electron chi connectivity index (χ2n) is 7.74. The van der Waals surface area contributed by atoms with E-state index in [4.69, 9.17) is 0 Å². The van der Waals surface area contributed by atoms with Crippen molar-refractivity contribution >= 4 is 33.2 Å². The van der Waals surface area contributed by atoms with Crippen LogP contribution in [0.1, 0.15) is 43.5 Å². The molecule has 0 spiro atoms. The van der Waals surface area contributed by atoms with Gasteiger partial charge in [0.15, 0.2) is 0 Å². The normalized spacial score (nSPS) is 11.4. The van der Waals surface area contributed by atoms with E-state index in [2.05, 4.69) is 25.3 Å². The minimum atomic E-state index is -3.69. The van der Waals surface area contributed by atoms with Crippen LogP contribution < -0.4 is 15.4 Å². The summed E-state index contributed by atoms with van der Waals surface area (Å²) >= 11 is 0. The molecule has 2 aromatic carbocycles. The predicted octanol–water partition coefficient (Wildman–Crippen LogP) is 5.19. The Bertz CT molecular complexity index is 1160. The second kappa shape index (κ2) is 9.34. The summed E-state index contributed by atoms with van der Waals surface area (Å²) in [7, 11) is -3.69. The molecule has 7 nitrogen and oxygen atoms in total. The van der Waals surface area contributed by atoms with E-state index in [0.29, 0.717) is 22.1 Å². The maximum Gasteiger partial charge on any atom is 0.262 e. The third-order valence-corrected chi connectivity index (χ3v) is 6.30. The summed E-state index contributed by atoms with van der Waals surface area (Å²) in [6.45, 7) is 10.6. The quantitative estimate of drug-likeness (QED) is 0.447. The maximum absolute atomic E-state index is 13.0. The van der Waals surface area contributed by atoms with E-state index in [0.717, 1.165) is 29.3 Å². The molecule has 0 bridgehead atoms. The van der Waals surface area contributed by atoms with Gasteiger partial charge in [0.2, 0.25) is 5.95 Å². The van der Waals surface area contributed by atoms with Gasteiger partial charge in [0, 0.05) is 29.7 Å². The van der Waals surface area contributed by atoms with Crippen LogP contribution in [0.2, 0.25) is 0 Å². The van der Waals surface area contributed by atoms with Crippen molar-refractivity contribution in [2.45, 2.75) is 45.4 Å². The molecule has 0 unspecified atom stereocenters. The second-order valence-corrected chi connectivity index (χ2v) is 9.39. The number of hydrogen-bond donors (Lipinski definition) is 3. The van der Waals surface area contributed by atoms with Crippen LogP contribution in [-0.2, 0) is 10.0 Å². The number of sulfonamides is 1. The fraction of sp³-hybridized carbons (Fsp3) is 0.304. The number of nitrogens with zero attached hydrogens (tertiary/aromatic N) is 2. The predicted molar refractivity (Wildman–Crippen MR) is 127 cm³/mol. The minimum absolute atomic E-state index is 0.247. The SMILES string of the molecule is CCNc1cc(C)nc(Nc2ccc(NS(=O)(=O)c3cc(C(C)C)ccc3C)cc2)n1. The molecular formula is C23H29N5O2S. The number of nitrogens with one attached hydrogen (secondary N) is 3. The molecule has 3 N–H and O–H groups in total. The zero-order chi connectivity index (χ0) is 22.6. The third kappa shape index (κ3) is 5.73. The van der Waals surface area contributed by atoms with Gasteiger partial charge in [-0.25, -0.2) is 13.4 Å². The smallest absolute Gasteiger partial charge is 0.262 e. The molecule has 0 saturated heterocycles. The zero-order valence-corrected chi connectivity index (χ0v) is 19.3. The Morgan fingerprint density at radius 3 is 2.26 bits per heavy atom. The highest BCUT2D eigenvalue weighted by Gasteiger charge is 2.18. The molecule has 0 aliphatic rings. The summed E-state index contributed by atoms with van der Waals surface area (Å²) in [5.74, 6) is 1.48. The number of benzene rings is 2. The molecule has 3 rings (SSSR count). The molecule has 0 saturated carbocycles. The first-order valence-electron chi connectivity index (χ1n) is 10.3. The largest absolute Gasteiger partial charge is 0.370 e. The highest BCUT2D eigenvalue weighted by atomic mass is 32.2. The van der Waals surface area contributed by atoms with Gasteiger partial charge in [-0.15, -0.1) is 0 Å². The van der Waals surface area contributed by atoms with Gasteiger partial charge in [0.1, 0.15) is 5.82 Å². The average Bonchev–Trinajstić information content (AvgIpc) is 2.69. The zero-order valence-electron chi connectivity index (χ0n) is 18.5. The topological polar surface area (TPSA) is 96.0 Å². The van der Waals surface area contributed by atoms with Crippen molar-refractivity contribution in [3.8, 4) is 0 Å². The van der Waals surface area contributed by atoms with Crippen molar-refractivity contribution < 1.29 is 8.42 Å². The fourth-order valence-electron chi connectivity index (χ4n) is 3.12. The molecule has 0 radical (unpaired) electrons. The Morgan fingerprint density at radius 1 is 0.935 bits per heavy atom. The highest BCUT2D eigenvalue weighted by Crippen LogP contribution is 2.25. The van der Waals surface area contributed by atoms with Crippen LogP contribution in [0.5, 0.6) is 0 Å². The van der Waals surface area contributed by atoms with Crippen molar-refractivity contribution in [3.63, 3.8) is 0 Å². The highest BCUT2D eigenvalue weighted by molar-refractivity contribution is 7.92. The molecule has 0 atom stereocenters. The Morgan fingerprint density at radius 2 is 1.61 bits per heavy atom. The van der Waals surface area contributed by atoms with Crippen molar-refractivity contribution in [3.05, 3.63) is 65.4 Å². The molecule has 0 fully saturated rings. The van der Waals surface area contributed by atoms with Crippen LogP contribution in [0.15, 0.2) is 53.4 Å². The molecular weight excluding hydrogens is 410 g/mol. The summed E-state index contributed by atoms with van der Waals surface area (Å²) in [6.07, 6.45) is 0. The van der Waals surface area contributed by atoms with E-state index in [1.54, 1.807) is 37.3 Å². The summed E-state index contributed by atoms with van der Waals surface area (Å²) in [5.41, 5.74) is 3.79. The number of hydrogen-bond acceptors (Lipinski definition) is 6. The third-order valence-electron chi connectivity index (χ3n) is 4.77. The monoisotopic (exact) mass is 439 g/mol. The Hall–Kier alpha value is -3.13. The van der Waals surface area contributed by atoms with E-state index in [9.17, 15) is 8.42 Å². The molecule has 1 aromatic heterocycles. The lowest BCUT2D eigenvalue weighted by Crippen LogP contribution is -2.14. The molecule has 0 amide bonds. The lowest BCUT2D eigenvalue weighted by molar-refractivity contribution is 0.600. The van der Waals surface area contributed by atoms with E-state index >= 15 is 0 Å². The molecule has 31 heavy (non-hydrogen) atoms. The molecule has 8 heteroatoms. The maximum atomic E-state index is 13.0. The molecule has 1 heterocycles. The van der Waals surface area contributed by atoms with Crippen LogP contribution in [0, 0.1) is 13.8 Å². The number of aromatic nitrogens is 2. The van der Waals surface area contributed by atoms with Crippen molar-refractivity contribution in [2.24, 2.45) is 0 Å². The standard InChI is InChI=1S/C23H29N5O2S/c1-6-24-22-13-17(5)25-23(27-22)26-19-9-11-20(12-10-19)28-31(29,30)21-14-18(15(2)3)8-7-16(21)4/h7-15,28H,6H2,1-5H3,(H2,24,25,26,27).